The fraction of sp³-hybridized carbons (Fsp3) is 0.522. The summed E-state index contributed by atoms with van der Waals surface area (Å²) < 4.78 is 5.48. The average molecular weight is 419 g/mol. The van der Waals surface area contributed by atoms with E-state index in [-0.39, 0.29) is 12.4 Å². The van der Waals surface area contributed by atoms with Crippen LogP contribution in [0.3, 0.4) is 0 Å². The molecular formula is C23H27ClO3S. The summed E-state index contributed by atoms with van der Waals surface area (Å²) >= 11 is 8.06. The number of aliphatic hydroxyl groups is 1. The third kappa shape index (κ3) is 3.40. The summed E-state index contributed by atoms with van der Waals surface area (Å²) in [6.45, 7) is 8.77. The molecule has 150 valence electrons. The molecule has 0 radical (unpaired) electrons. The monoisotopic (exact) mass is 418 g/mol. The molecular weight excluding hydrogens is 392 g/mol. The van der Waals surface area contributed by atoms with Gasteiger partial charge in [-0.3, -0.25) is 4.79 Å². The van der Waals surface area contributed by atoms with E-state index in [1.54, 1.807) is 24.3 Å². The van der Waals surface area contributed by atoms with Crippen molar-refractivity contribution in [3.8, 4) is 5.75 Å². The molecule has 1 aromatic heterocycles. The molecule has 3 nitrogen and oxygen atoms in total. The number of rotatable bonds is 7. The van der Waals surface area contributed by atoms with Crippen LogP contribution in [0.25, 0.3) is 0 Å². The second kappa shape index (κ2) is 7.16. The molecule has 0 saturated heterocycles. The average Bonchev–Trinajstić information content (AvgIpc) is 2.96. The van der Waals surface area contributed by atoms with Gasteiger partial charge in [0.15, 0.2) is 5.78 Å². The number of Topliss-reactive ketones (excluding diaryl/α,β-unsaturated/α-hetero) is 1. The highest BCUT2D eigenvalue weighted by atomic mass is 35.5. The van der Waals surface area contributed by atoms with E-state index in [9.17, 15) is 9.90 Å². The van der Waals surface area contributed by atoms with Gasteiger partial charge < -0.3 is 9.84 Å². The summed E-state index contributed by atoms with van der Waals surface area (Å²) in [5.41, 5.74) is 4.16. The van der Waals surface area contributed by atoms with E-state index >= 15 is 0 Å². The molecule has 1 N–H and O–H groups in total. The largest absolute Gasteiger partial charge is 0.491 e. The van der Waals surface area contributed by atoms with Crippen LogP contribution in [0.2, 0.25) is 5.02 Å². The number of ether oxygens (including phenoxy) is 1. The smallest absolute Gasteiger partial charge is 0.173 e. The van der Waals surface area contributed by atoms with Gasteiger partial charge in [0, 0.05) is 16.3 Å². The molecule has 1 unspecified atom stereocenters. The van der Waals surface area contributed by atoms with Crippen molar-refractivity contribution < 1.29 is 14.6 Å². The second-order valence-electron chi connectivity index (χ2n) is 8.83. The van der Waals surface area contributed by atoms with Gasteiger partial charge >= 0.3 is 0 Å². The number of halogens is 1. The van der Waals surface area contributed by atoms with E-state index in [0.717, 1.165) is 22.8 Å². The van der Waals surface area contributed by atoms with Crippen molar-refractivity contribution in [1.29, 1.82) is 0 Å². The Hall–Kier alpha value is -1.36. The number of carbonyl (C=O) groups is 1. The molecule has 28 heavy (non-hydrogen) atoms. The number of hydrogen-bond acceptors (Lipinski definition) is 4. The van der Waals surface area contributed by atoms with E-state index in [1.807, 2.05) is 12.1 Å². The van der Waals surface area contributed by atoms with Gasteiger partial charge in [-0.05, 0) is 72.8 Å². The maximum atomic E-state index is 12.9. The Balaban J connectivity index is 1.42. The number of hydrogen-bond donors (Lipinski definition) is 1. The molecule has 2 aromatic rings. The van der Waals surface area contributed by atoms with Gasteiger partial charge in [0.05, 0.1) is 11.0 Å². The van der Waals surface area contributed by atoms with Gasteiger partial charge in [-0.25, -0.2) is 0 Å². The molecule has 0 amide bonds. The zero-order valence-corrected chi connectivity index (χ0v) is 18.4. The maximum Gasteiger partial charge on any atom is 0.173 e. The van der Waals surface area contributed by atoms with Crippen molar-refractivity contribution in [2.24, 2.45) is 11.3 Å². The minimum atomic E-state index is -0.524. The van der Waals surface area contributed by atoms with Gasteiger partial charge in [0.1, 0.15) is 12.4 Å². The second-order valence-corrected chi connectivity index (χ2v) is 10.5. The SMILES string of the molecule is Cc1sc(C(=O)CCc2ccc(OCC(C)O)cc2Cl)c2c1[C@H]1[C@@H](C2)C1(C)C. The van der Waals surface area contributed by atoms with Gasteiger partial charge in [-0.15, -0.1) is 11.3 Å². The van der Waals surface area contributed by atoms with Crippen LogP contribution in [0.5, 0.6) is 5.75 Å². The summed E-state index contributed by atoms with van der Waals surface area (Å²) in [5.74, 6) is 2.25. The number of ketones is 1. The normalized spacial score (nSPS) is 22.5. The minimum absolute atomic E-state index is 0.232. The standard InChI is InChI=1S/C23H27ClO3S/c1-12(25)11-27-15-7-5-14(18(24)9-15)6-8-19(26)22-16-10-17-21(23(17,3)4)20(16)13(2)28-22/h5,7,9,12,17,21,25H,6,8,10-11H2,1-4H3/t12?,17-,21-/m1/s1. The summed E-state index contributed by atoms with van der Waals surface area (Å²) in [6, 6.07) is 5.51. The molecule has 2 aliphatic carbocycles. The van der Waals surface area contributed by atoms with Gasteiger partial charge in [-0.1, -0.05) is 31.5 Å². The third-order valence-corrected chi connectivity index (χ3v) is 7.97. The Kier molecular flexibility index (Phi) is 5.09. The molecule has 5 heteroatoms. The number of carbonyl (C=O) groups excluding carboxylic acids is 1. The zero-order valence-electron chi connectivity index (χ0n) is 16.8. The molecule has 1 fully saturated rings. The van der Waals surface area contributed by atoms with Crippen LogP contribution in [-0.4, -0.2) is 23.6 Å². The van der Waals surface area contributed by atoms with E-state index in [0.29, 0.717) is 34.9 Å². The molecule has 4 rings (SSSR count). The van der Waals surface area contributed by atoms with E-state index in [1.165, 1.54) is 16.0 Å². The van der Waals surface area contributed by atoms with Crippen molar-refractivity contribution in [3.63, 3.8) is 0 Å². The lowest BCUT2D eigenvalue weighted by Crippen LogP contribution is -2.12. The lowest BCUT2D eigenvalue weighted by atomic mass is 9.94. The molecule has 1 heterocycles. The molecule has 1 saturated carbocycles. The van der Waals surface area contributed by atoms with Gasteiger partial charge in [-0.2, -0.15) is 0 Å². The van der Waals surface area contributed by atoms with Crippen molar-refractivity contribution in [3.05, 3.63) is 49.7 Å². The van der Waals surface area contributed by atoms with Crippen molar-refractivity contribution in [1.82, 2.24) is 0 Å². The van der Waals surface area contributed by atoms with Crippen molar-refractivity contribution in [2.45, 2.75) is 59.0 Å². The first-order valence-electron chi connectivity index (χ1n) is 9.94. The van der Waals surface area contributed by atoms with Crippen LogP contribution >= 0.6 is 22.9 Å². The van der Waals surface area contributed by atoms with Crippen molar-refractivity contribution >= 4 is 28.7 Å². The highest BCUT2D eigenvalue weighted by Gasteiger charge is 2.63. The fourth-order valence-corrected chi connectivity index (χ4v) is 6.22. The lowest BCUT2D eigenvalue weighted by molar-refractivity contribution is 0.0985. The Bertz CT molecular complexity index is 928. The van der Waals surface area contributed by atoms with E-state index in [2.05, 4.69) is 20.8 Å². The van der Waals surface area contributed by atoms with E-state index < -0.39 is 6.10 Å². The highest BCUT2D eigenvalue weighted by molar-refractivity contribution is 7.14. The summed E-state index contributed by atoms with van der Waals surface area (Å²) in [6.07, 6.45) is 1.63. The molecule has 3 atom stereocenters. The highest BCUT2D eigenvalue weighted by Crippen LogP contribution is 2.71. The van der Waals surface area contributed by atoms with Crippen LogP contribution in [0.1, 0.15) is 64.3 Å². The lowest BCUT2D eigenvalue weighted by Gasteiger charge is -2.11. The topological polar surface area (TPSA) is 46.5 Å². The van der Waals surface area contributed by atoms with Crippen LogP contribution in [0, 0.1) is 18.3 Å². The number of aryl methyl sites for hydroxylation is 2. The Morgan fingerprint density at radius 1 is 1.43 bits per heavy atom. The Labute approximate surface area is 175 Å². The molecule has 0 spiro atoms. The first-order chi connectivity index (χ1) is 13.2. The summed E-state index contributed by atoms with van der Waals surface area (Å²) in [5, 5.41) is 9.92. The third-order valence-electron chi connectivity index (χ3n) is 6.41. The molecule has 1 aromatic carbocycles. The number of benzene rings is 1. The minimum Gasteiger partial charge on any atom is -0.491 e. The Morgan fingerprint density at radius 3 is 2.86 bits per heavy atom. The zero-order chi connectivity index (χ0) is 20.2. The quantitative estimate of drug-likeness (QED) is 0.597. The fourth-order valence-electron chi connectivity index (χ4n) is 4.76. The molecule has 2 aliphatic rings. The van der Waals surface area contributed by atoms with Gasteiger partial charge in [0.25, 0.3) is 0 Å². The molecule has 0 aliphatic heterocycles. The number of aliphatic hydroxyl groups excluding tert-OH is 1. The first kappa shape index (κ1) is 19.9. The van der Waals surface area contributed by atoms with Crippen LogP contribution in [0.15, 0.2) is 18.2 Å². The summed E-state index contributed by atoms with van der Waals surface area (Å²) in [7, 11) is 0. The van der Waals surface area contributed by atoms with Crippen molar-refractivity contribution in [2.75, 3.05) is 6.61 Å². The number of fused-ring (bicyclic) bond motifs is 3. The number of thiophene rings is 1. The summed E-state index contributed by atoms with van der Waals surface area (Å²) in [4.78, 5) is 15.2. The predicted molar refractivity (Wildman–Crippen MR) is 114 cm³/mol. The van der Waals surface area contributed by atoms with Crippen LogP contribution in [-0.2, 0) is 12.8 Å². The van der Waals surface area contributed by atoms with Gasteiger partial charge in [0.2, 0.25) is 0 Å². The first-order valence-corrected chi connectivity index (χ1v) is 11.1. The Morgan fingerprint density at radius 2 is 2.18 bits per heavy atom. The van der Waals surface area contributed by atoms with Crippen LogP contribution in [0.4, 0.5) is 0 Å². The van der Waals surface area contributed by atoms with Crippen LogP contribution < -0.4 is 4.74 Å². The maximum absolute atomic E-state index is 12.9. The van der Waals surface area contributed by atoms with E-state index in [4.69, 9.17) is 16.3 Å². The molecule has 0 bridgehead atoms. The predicted octanol–water partition coefficient (Wildman–Crippen LogP) is 5.58.